The van der Waals surface area contributed by atoms with Crippen molar-refractivity contribution in [2.75, 3.05) is 6.54 Å². The number of amides is 1. The van der Waals surface area contributed by atoms with Gasteiger partial charge in [0, 0.05) is 13.0 Å². The van der Waals surface area contributed by atoms with Gasteiger partial charge in [-0.15, -0.1) is 0 Å². The van der Waals surface area contributed by atoms with Gasteiger partial charge in [-0.2, -0.15) is 0 Å². The highest BCUT2D eigenvalue weighted by atomic mass is 16.4. The Kier molecular flexibility index (Phi) is 4.77. The molecule has 1 aliphatic carbocycles. The van der Waals surface area contributed by atoms with Gasteiger partial charge >= 0.3 is 5.97 Å². The van der Waals surface area contributed by atoms with Crippen LogP contribution in [0.4, 0.5) is 0 Å². The van der Waals surface area contributed by atoms with E-state index in [0.29, 0.717) is 25.8 Å². The predicted molar refractivity (Wildman–Crippen MR) is 61.1 cm³/mol. The first-order valence-corrected chi connectivity index (χ1v) is 6.11. The molecule has 92 valence electrons. The Morgan fingerprint density at radius 2 is 1.94 bits per heavy atom. The zero-order valence-corrected chi connectivity index (χ0v) is 9.92. The van der Waals surface area contributed by atoms with Crippen LogP contribution in [0.15, 0.2) is 0 Å². The van der Waals surface area contributed by atoms with E-state index in [0.717, 1.165) is 25.7 Å². The van der Waals surface area contributed by atoms with E-state index in [1.807, 2.05) is 0 Å². The van der Waals surface area contributed by atoms with Gasteiger partial charge in [0.25, 0.3) is 0 Å². The van der Waals surface area contributed by atoms with Crippen molar-refractivity contribution in [2.45, 2.75) is 51.9 Å². The van der Waals surface area contributed by atoms with E-state index < -0.39 is 11.4 Å². The number of rotatable bonds is 8. The number of carboxylic acids is 1. The molecule has 0 aromatic rings. The first-order chi connectivity index (χ1) is 7.60. The molecule has 0 atom stereocenters. The SMILES string of the molecule is CCCCCCC(=O)NCC1(C(=O)O)CC1. The molecule has 4 heteroatoms. The van der Waals surface area contributed by atoms with Crippen molar-refractivity contribution in [2.24, 2.45) is 5.41 Å². The fourth-order valence-corrected chi connectivity index (χ4v) is 1.69. The molecule has 0 saturated heterocycles. The summed E-state index contributed by atoms with van der Waals surface area (Å²) in [5, 5.41) is 11.6. The predicted octanol–water partition coefficient (Wildman–Crippen LogP) is 1.94. The van der Waals surface area contributed by atoms with E-state index in [1.54, 1.807) is 0 Å². The van der Waals surface area contributed by atoms with Crippen LogP contribution in [0.3, 0.4) is 0 Å². The Labute approximate surface area is 96.4 Å². The molecular formula is C12H21NO3. The Hall–Kier alpha value is -1.06. The van der Waals surface area contributed by atoms with Crippen LogP contribution in [0.1, 0.15) is 51.9 Å². The lowest BCUT2D eigenvalue weighted by Gasteiger charge is -2.10. The molecule has 1 fully saturated rings. The number of carbonyl (C=O) groups is 2. The van der Waals surface area contributed by atoms with Gasteiger partial charge in [0.1, 0.15) is 0 Å². The third-order valence-corrected chi connectivity index (χ3v) is 3.19. The topological polar surface area (TPSA) is 66.4 Å². The van der Waals surface area contributed by atoms with Gasteiger partial charge in [-0.05, 0) is 19.3 Å². The summed E-state index contributed by atoms with van der Waals surface area (Å²) in [6.07, 6.45) is 6.20. The Balaban J connectivity index is 2.09. The van der Waals surface area contributed by atoms with Gasteiger partial charge in [-0.3, -0.25) is 9.59 Å². The summed E-state index contributed by atoms with van der Waals surface area (Å²) in [6.45, 7) is 2.43. The number of hydrogen-bond donors (Lipinski definition) is 2. The van der Waals surface area contributed by atoms with Gasteiger partial charge < -0.3 is 10.4 Å². The van der Waals surface area contributed by atoms with E-state index in [1.165, 1.54) is 0 Å². The van der Waals surface area contributed by atoms with E-state index in [4.69, 9.17) is 5.11 Å². The van der Waals surface area contributed by atoms with Gasteiger partial charge in [-0.25, -0.2) is 0 Å². The summed E-state index contributed by atoms with van der Waals surface area (Å²) in [6, 6.07) is 0. The van der Waals surface area contributed by atoms with Crippen molar-refractivity contribution in [3.05, 3.63) is 0 Å². The zero-order valence-electron chi connectivity index (χ0n) is 9.92. The highest BCUT2D eigenvalue weighted by Gasteiger charge is 2.50. The number of carboxylic acid groups (broad SMARTS) is 1. The normalized spacial score (nSPS) is 16.8. The molecule has 0 unspecified atom stereocenters. The van der Waals surface area contributed by atoms with Gasteiger partial charge in [-0.1, -0.05) is 26.2 Å². The van der Waals surface area contributed by atoms with Crippen molar-refractivity contribution >= 4 is 11.9 Å². The van der Waals surface area contributed by atoms with Gasteiger partial charge in [0.2, 0.25) is 5.91 Å². The summed E-state index contributed by atoms with van der Waals surface area (Å²) in [5.41, 5.74) is -0.640. The van der Waals surface area contributed by atoms with Crippen LogP contribution in [0.5, 0.6) is 0 Å². The van der Waals surface area contributed by atoms with Crippen molar-refractivity contribution in [1.82, 2.24) is 5.32 Å². The molecule has 2 N–H and O–H groups in total. The second kappa shape index (κ2) is 5.87. The third kappa shape index (κ3) is 3.83. The summed E-state index contributed by atoms with van der Waals surface area (Å²) in [7, 11) is 0. The lowest BCUT2D eigenvalue weighted by molar-refractivity contribution is -0.143. The van der Waals surface area contributed by atoms with Crippen LogP contribution in [-0.2, 0) is 9.59 Å². The van der Waals surface area contributed by atoms with Crippen LogP contribution < -0.4 is 5.32 Å². The molecule has 0 aliphatic heterocycles. The molecule has 0 bridgehead atoms. The van der Waals surface area contributed by atoms with Gasteiger partial charge in [0.15, 0.2) is 0 Å². The largest absolute Gasteiger partial charge is 0.481 e. The number of nitrogens with one attached hydrogen (secondary N) is 1. The average molecular weight is 227 g/mol. The minimum atomic E-state index is -0.779. The smallest absolute Gasteiger partial charge is 0.311 e. The quantitative estimate of drug-likeness (QED) is 0.623. The lowest BCUT2D eigenvalue weighted by atomic mass is 10.1. The van der Waals surface area contributed by atoms with E-state index in [2.05, 4.69) is 12.2 Å². The van der Waals surface area contributed by atoms with Crippen LogP contribution in [-0.4, -0.2) is 23.5 Å². The Bertz CT molecular complexity index is 259. The third-order valence-electron chi connectivity index (χ3n) is 3.19. The summed E-state index contributed by atoms with van der Waals surface area (Å²) in [5.74, 6) is -0.789. The molecular weight excluding hydrogens is 206 g/mol. The molecule has 0 aromatic carbocycles. The summed E-state index contributed by atoms with van der Waals surface area (Å²) >= 11 is 0. The molecule has 1 amide bonds. The van der Waals surface area contributed by atoms with Crippen molar-refractivity contribution < 1.29 is 14.7 Å². The molecule has 0 radical (unpaired) electrons. The number of hydrogen-bond acceptors (Lipinski definition) is 2. The van der Waals surface area contributed by atoms with Crippen LogP contribution >= 0.6 is 0 Å². The highest BCUT2D eigenvalue weighted by Crippen LogP contribution is 2.45. The fraction of sp³-hybridized carbons (Fsp3) is 0.833. The maximum Gasteiger partial charge on any atom is 0.311 e. The van der Waals surface area contributed by atoms with Crippen molar-refractivity contribution in [3.8, 4) is 0 Å². The standard InChI is InChI=1S/C12H21NO3/c1-2-3-4-5-6-10(14)13-9-12(7-8-12)11(15)16/h2-9H2,1H3,(H,13,14)(H,15,16). The highest BCUT2D eigenvalue weighted by molar-refractivity contribution is 5.80. The van der Waals surface area contributed by atoms with Gasteiger partial charge in [0.05, 0.1) is 5.41 Å². The Morgan fingerprint density at radius 3 is 2.44 bits per heavy atom. The summed E-state index contributed by atoms with van der Waals surface area (Å²) < 4.78 is 0. The monoisotopic (exact) mass is 227 g/mol. The molecule has 1 saturated carbocycles. The molecule has 1 aliphatic rings. The second-order valence-electron chi connectivity index (χ2n) is 4.67. The molecule has 0 spiro atoms. The molecule has 0 heterocycles. The number of carbonyl (C=O) groups excluding carboxylic acids is 1. The molecule has 16 heavy (non-hydrogen) atoms. The van der Waals surface area contributed by atoms with E-state index in [9.17, 15) is 9.59 Å². The average Bonchev–Trinajstić information content (AvgIpc) is 3.03. The maximum atomic E-state index is 11.4. The van der Waals surface area contributed by atoms with E-state index >= 15 is 0 Å². The van der Waals surface area contributed by atoms with Crippen molar-refractivity contribution in [1.29, 1.82) is 0 Å². The minimum Gasteiger partial charge on any atom is -0.481 e. The first-order valence-electron chi connectivity index (χ1n) is 6.11. The fourth-order valence-electron chi connectivity index (χ4n) is 1.69. The molecule has 1 rings (SSSR count). The molecule has 4 nitrogen and oxygen atoms in total. The minimum absolute atomic E-state index is 0.0105. The Morgan fingerprint density at radius 1 is 1.25 bits per heavy atom. The van der Waals surface area contributed by atoms with Crippen LogP contribution in [0.2, 0.25) is 0 Å². The maximum absolute atomic E-state index is 11.4. The van der Waals surface area contributed by atoms with Crippen molar-refractivity contribution in [3.63, 3.8) is 0 Å². The van der Waals surface area contributed by atoms with E-state index in [-0.39, 0.29) is 5.91 Å². The van der Waals surface area contributed by atoms with Crippen LogP contribution in [0, 0.1) is 5.41 Å². The number of unbranched alkanes of at least 4 members (excludes halogenated alkanes) is 3. The first kappa shape index (κ1) is 13.0. The van der Waals surface area contributed by atoms with Crippen LogP contribution in [0.25, 0.3) is 0 Å². The number of aliphatic carboxylic acids is 1. The molecule has 0 aromatic heterocycles. The lowest BCUT2D eigenvalue weighted by Crippen LogP contribution is -2.34. The summed E-state index contributed by atoms with van der Waals surface area (Å²) in [4.78, 5) is 22.2. The second-order valence-corrected chi connectivity index (χ2v) is 4.67. The zero-order chi connectivity index (χ0) is 12.0.